The molecule has 2 rings (SSSR count). The molecule has 0 aliphatic heterocycles. The third kappa shape index (κ3) is 4.52. The largest absolute Gasteiger partial charge is 0.309 e. The van der Waals surface area contributed by atoms with Gasteiger partial charge >= 0.3 is 0 Å². The van der Waals surface area contributed by atoms with Crippen LogP contribution in [0.15, 0.2) is 16.3 Å². The van der Waals surface area contributed by atoms with Gasteiger partial charge in [0, 0.05) is 30.6 Å². The first-order valence-corrected chi connectivity index (χ1v) is 9.86. The van der Waals surface area contributed by atoms with E-state index in [9.17, 15) is 8.42 Å². The fourth-order valence-corrected chi connectivity index (χ4v) is 5.20. The second-order valence-electron chi connectivity index (χ2n) is 6.38. The highest BCUT2D eigenvalue weighted by molar-refractivity contribution is 7.91. The summed E-state index contributed by atoms with van der Waals surface area (Å²) < 4.78 is 27.2. The maximum atomic E-state index is 12.6. The lowest BCUT2D eigenvalue weighted by molar-refractivity contribution is 0.338. The highest BCUT2D eigenvalue weighted by Crippen LogP contribution is 2.27. The first-order valence-electron chi connectivity index (χ1n) is 7.61. The van der Waals surface area contributed by atoms with Crippen LogP contribution in [0, 0.1) is 5.92 Å². The van der Waals surface area contributed by atoms with Gasteiger partial charge in [0.05, 0.1) is 0 Å². The van der Waals surface area contributed by atoms with E-state index in [0.29, 0.717) is 16.2 Å². The second-order valence-corrected chi connectivity index (χ2v) is 9.77. The quantitative estimate of drug-likeness (QED) is 0.797. The standard InChI is InChI=1S/C15H26N2O2S2/c1-11(2)9-12(3)17(4)21(18,19)15-8-7-14(20-15)10-16-13-5-6-13/h7-8,11-13,16H,5-6,9-10H2,1-4H3. The summed E-state index contributed by atoms with van der Waals surface area (Å²) in [6, 6.07) is 4.32. The van der Waals surface area contributed by atoms with Crippen LogP contribution >= 0.6 is 11.3 Å². The van der Waals surface area contributed by atoms with Crippen molar-refractivity contribution >= 4 is 21.4 Å². The maximum absolute atomic E-state index is 12.6. The van der Waals surface area contributed by atoms with Crippen molar-refractivity contribution in [2.75, 3.05) is 7.05 Å². The zero-order valence-electron chi connectivity index (χ0n) is 13.3. The normalized spacial score (nSPS) is 17.6. The molecule has 1 atom stereocenters. The van der Waals surface area contributed by atoms with Gasteiger partial charge in [-0.1, -0.05) is 13.8 Å². The van der Waals surface area contributed by atoms with E-state index in [4.69, 9.17) is 0 Å². The van der Waals surface area contributed by atoms with Crippen molar-refractivity contribution in [3.8, 4) is 0 Å². The zero-order valence-corrected chi connectivity index (χ0v) is 14.9. The number of sulfonamides is 1. The van der Waals surface area contributed by atoms with Crippen molar-refractivity contribution < 1.29 is 8.42 Å². The Hall–Kier alpha value is -0.430. The van der Waals surface area contributed by atoms with Crippen LogP contribution in [-0.2, 0) is 16.6 Å². The van der Waals surface area contributed by atoms with Crippen molar-refractivity contribution in [3.05, 3.63) is 17.0 Å². The summed E-state index contributed by atoms with van der Waals surface area (Å²) in [5.74, 6) is 0.485. The van der Waals surface area contributed by atoms with Gasteiger partial charge in [-0.25, -0.2) is 8.42 Å². The second kappa shape index (κ2) is 6.77. The van der Waals surface area contributed by atoms with E-state index < -0.39 is 10.0 Å². The monoisotopic (exact) mass is 330 g/mol. The topological polar surface area (TPSA) is 49.4 Å². The number of rotatable bonds is 8. The highest BCUT2D eigenvalue weighted by Gasteiger charge is 2.27. The van der Waals surface area contributed by atoms with Crippen LogP contribution in [-0.4, -0.2) is 31.9 Å². The lowest BCUT2D eigenvalue weighted by Gasteiger charge is -2.24. The molecule has 1 saturated carbocycles. The number of nitrogens with zero attached hydrogens (tertiary/aromatic N) is 1. The molecule has 0 aromatic carbocycles. The lowest BCUT2D eigenvalue weighted by Crippen LogP contribution is -2.35. The molecule has 120 valence electrons. The van der Waals surface area contributed by atoms with Crippen molar-refractivity contribution in [1.29, 1.82) is 0 Å². The molecule has 4 nitrogen and oxygen atoms in total. The van der Waals surface area contributed by atoms with Gasteiger partial charge in [-0.3, -0.25) is 0 Å². The number of hydrogen-bond acceptors (Lipinski definition) is 4. The predicted molar refractivity (Wildman–Crippen MR) is 88.0 cm³/mol. The fraction of sp³-hybridized carbons (Fsp3) is 0.733. The van der Waals surface area contributed by atoms with E-state index >= 15 is 0 Å². The molecule has 1 aliphatic carbocycles. The molecular weight excluding hydrogens is 304 g/mol. The third-order valence-corrected chi connectivity index (χ3v) is 7.37. The van der Waals surface area contributed by atoms with Gasteiger partial charge in [-0.2, -0.15) is 4.31 Å². The molecule has 1 aromatic heterocycles. The SMILES string of the molecule is CC(C)CC(C)N(C)S(=O)(=O)c1ccc(CNC2CC2)s1. The summed E-state index contributed by atoms with van der Waals surface area (Å²) in [6.07, 6.45) is 3.36. The van der Waals surface area contributed by atoms with E-state index in [-0.39, 0.29) is 6.04 Å². The maximum Gasteiger partial charge on any atom is 0.252 e. The van der Waals surface area contributed by atoms with Gasteiger partial charge in [0.15, 0.2) is 0 Å². The highest BCUT2D eigenvalue weighted by atomic mass is 32.2. The van der Waals surface area contributed by atoms with Crippen LogP contribution in [0.5, 0.6) is 0 Å². The van der Waals surface area contributed by atoms with Crippen LogP contribution < -0.4 is 5.32 Å². The first kappa shape index (κ1) is 16.9. The van der Waals surface area contributed by atoms with E-state index in [1.807, 2.05) is 13.0 Å². The summed E-state index contributed by atoms with van der Waals surface area (Å²) in [5, 5.41) is 3.42. The van der Waals surface area contributed by atoms with Gasteiger partial charge in [-0.05, 0) is 44.2 Å². The lowest BCUT2D eigenvalue weighted by atomic mass is 10.1. The van der Waals surface area contributed by atoms with Crippen LogP contribution in [0.1, 0.15) is 44.9 Å². The van der Waals surface area contributed by atoms with E-state index in [1.165, 1.54) is 28.5 Å². The minimum Gasteiger partial charge on any atom is -0.309 e. The van der Waals surface area contributed by atoms with Crippen molar-refractivity contribution in [2.24, 2.45) is 5.92 Å². The summed E-state index contributed by atoms with van der Waals surface area (Å²) in [5.41, 5.74) is 0. The fourth-order valence-electron chi connectivity index (χ4n) is 2.33. The molecule has 0 bridgehead atoms. The van der Waals surface area contributed by atoms with Crippen LogP contribution in [0.2, 0.25) is 0 Å². The molecular formula is C15H26N2O2S2. The Kier molecular flexibility index (Phi) is 5.46. The Morgan fingerprint density at radius 3 is 2.57 bits per heavy atom. The van der Waals surface area contributed by atoms with Gasteiger partial charge < -0.3 is 5.32 Å². The minimum absolute atomic E-state index is 0.0186. The molecule has 6 heteroatoms. The molecule has 1 fully saturated rings. The summed E-state index contributed by atoms with van der Waals surface area (Å²) in [6.45, 7) is 6.98. The number of thiophene rings is 1. The molecule has 1 unspecified atom stereocenters. The third-order valence-electron chi connectivity index (χ3n) is 3.85. The summed E-state index contributed by atoms with van der Waals surface area (Å²) in [4.78, 5) is 1.09. The zero-order chi connectivity index (χ0) is 15.6. The molecule has 21 heavy (non-hydrogen) atoms. The minimum atomic E-state index is -3.36. The van der Waals surface area contributed by atoms with E-state index in [2.05, 4.69) is 19.2 Å². The van der Waals surface area contributed by atoms with Crippen molar-refractivity contribution in [2.45, 2.75) is 62.9 Å². The molecule has 0 amide bonds. The summed E-state index contributed by atoms with van der Waals surface area (Å²) in [7, 11) is -1.68. The molecule has 0 radical (unpaired) electrons. The van der Waals surface area contributed by atoms with E-state index in [1.54, 1.807) is 13.1 Å². The Morgan fingerprint density at radius 2 is 2.00 bits per heavy atom. The Balaban J connectivity index is 2.03. The molecule has 1 heterocycles. The Bertz CT molecular complexity index is 562. The first-order chi connectivity index (χ1) is 9.80. The molecule has 0 saturated heterocycles. The summed E-state index contributed by atoms with van der Waals surface area (Å²) >= 11 is 1.38. The molecule has 1 N–H and O–H groups in total. The molecule has 1 aromatic rings. The van der Waals surface area contributed by atoms with Gasteiger partial charge in [0.1, 0.15) is 4.21 Å². The Labute approximate surface area is 132 Å². The van der Waals surface area contributed by atoms with Gasteiger partial charge in [0.25, 0.3) is 10.0 Å². The average molecular weight is 331 g/mol. The van der Waals surface area contributed by atoms with E-state index in [0.717, 1.165) is 17.8 Å². The van der Waals surface area contributed by atoms with Crippen LogP contribution in [0.25, 0.3) is 0 Å². The molecule has 0 spiro atoms. The van der Waals surface area contributed by atoms with Gasteiger partial charge in [-0.15, -0.1) is 11.3 Å². The van der Waals surface area contributed by atoms with Crippen molar-refractivity contribution in [1.82, 2.24) is 9.62 Å². The average Bonchev–Trinajstić information content (AvgIpc) is 3.10. The van der Waals surface area contributed by atoms with Gasteiger partial charge in [0.2, 0.25) is 0 Å². The number of nitrogens with one attached hydrogen (secondary N) is 1. The predicted octanol–water partition coefficient (Wildman–Crippen LogP) is 3.06. The Morgan fingerprint density at radius 1 is 1.33 bits per heavy atom. The van der Waals surface area contributed by atoms with Crippen LogP contribution in [0.4, 0.5) is 0 Å². The number of hydrogen-bond donors (Lipinski definition) is 1. The molecule has 1 aliphatic rings. The smallest absolute Gasteiger partial charge is 0.252 e. The van der Waals surface area contributed by atoms with Crippen molar-refractivity contribution in [3.63, 3.8) is 0 Å². The van der Waals surface area contributed by atoms with Crippen LogP contribution in [0.3, 0.4) is 0 Å².